The van der Waals surface area contributed by atoms with E-state index in [1.807, 2.05) is 17.5 Å². The van der Waals surface area contributed by atoms with E-state index in [9.17, 15) is 17.6 Å². The van der Waals surface area contributed by atoms with E-state index in [0.29, 0.717) is 35.9 Å². The molecule has 1 N–H and O–H groups in total. The summed E-state index contributed by atoms with van der Waals surface area (Å²) in [5, 5.41) is 8.93. The first kappa shape index (κ1) is 21.3. The van der Waals surface area contributed by atoms with E-state index in [1.54, 1.807) is 36.4 Å². The molecule has 0 spiro atoms. The Morgan fingerprint density at radius 2 is 1.88 bits per heavy atom. The first-order valence-corrected chi connectivity index (χ1v) is 12.6. The highest BCUT2D eigenvalue weighted by atomic mass is 32.2. The fraction of sp³-hybridized carbons (Fsp3) is 0.136. The molecule has 0 saturated carbocycles. The fourth-order valence-electron chi connectivity index (χ4n) is 3.62. The van der Waals surface area contributed by atoms with Crippen LogP contribution in [-0.2, 0) is 10.0 Å². The fourth-order valence-corrected chi connectivity index (χ4v) is 5.87. The van der Waals surface area contributed by atoms with Crippen molar-refractivity contribution in [3.8, 4) is 16.4 Å². The number of thiophene rings is 1. The summed E-state index contributed by atoms with van der Waals surface area (Å²) in [6, 6.07) is 16.2. The second kappa shape index (κ2) is 8.41. The molecule has 33 heavy (non-hydrogen) atoms. The molecule has 1 amide bonds. The lowest BCUT2D eigenvalue weighted by Gasteiger charge is -2.17. The monoisotopic (exact) mass is 483 g/mol. The molecule has 0 unspecified atom stereocenters. The van der Waals surface area contributed by atoms with Gasteiger partial charge in [-0.15, -0.1) is 16.4 Å². The molecule has 2 aromatic heterocycles. The van der Waals surface area contributed by atoms with Crippen LogP contribution in [0.3, 0.4) is 0 Å². The minimum atomic E-state index is -3.34. The van der Waals surface area contributed by atoms with E-state index in [-0.39, 0.29) is 11.6 Å². The molecule has 3 heterocycles. The summed E-state index contributed by atoms with van der Waals surface area (Å²) in [5.41, 5.74) is 1.34. The predicted molar refractivity (Wildman–Crippen MR) is 125 cm³/mol. The zero-order chi connectivity index (χ0) is 23.0. The van der Waals surface area contributed by atoms with Gasteiger partial charge in [0.2, 0.25) is 15.8 Å². The summed E-state index contributed by atoms with van der Waals surface area (Å²) >= 11 is 1.42. The highest BCUT2D eigenvalue weighted by Crippen LogP contribution is 2.28. The van der Waals surface area contributed by atoms with Crippen molar-refractivity contribution in [1.29, 1.82) is 0 Å². The number of benzene rings is 2. The van der Waals surface area contributed by atoms with E-state index in [0.717, 1.165) is 4.88 Å². The van der Waals surface area contributed by atoms with Crippen LogP contribution in [0.2, 0.25) is 0 Å². The lowest BCUT2D eigenvalue weighted by Crippen LogP contribution is -2.25. The van der Waals surface area contributed by atoms with Crippen molar-refractivity contribution in [2.75, 3.05) is 21.9 Å². The lowest BCUT2D eigenvalue weighted by atomic mass is 10.2. The van der Waals surface area contributed by atoms with Gasteiger partial charge in [0.05, 0.1) is 22.0 Å². The number of nitrogens with one attached hydrogen (secondary N) is 1. The average Bonchev–Trinajstić information content (AvgIpc) is 3.53. The van der Waals surface area contributed by atoms with Crippen LogP contribution in [0.25, 0.3) is 16.4 Å². The smallest absolute Gasteiger partial charge is 0.295 e. The maximum absolute atomic E-state index is 13.8. The minimum Gasteiger partial charge on any atom is -0.319 e. The van der Waals surface area contributed by atoms with E-state index in [2.05, 4.69) is 15.4 Å². The molecule has 0 bridgehead atoms. The summed E-state index contributed by atoms with van der Waals surface area (Å²) in [6.07, 6.45) is 0.561. The molecule has 5 rings (SSSR count). The maximum Gasteiger partial charge on any atom is 0.295 e. The quantitative estimate of drug-likeness (QED) is 0.464. The normalized spacial score (nSPS) is 15.0. The van der Waals surface area contributed by atoms with Gasteiger partial charge in [-0.05, 0) is 54.3 Å². The number of sulfonamides is 1. The number of anilines is 2. The van der Waals surface area contributed by atoms with Gasteiger partial charge in [0.15, 0.2) is 5.82 Å². The molecule has 1 fully saturated rings. The molecule has 11 heteroatoms. The lowest BCUT2D eigenvalue weighted by molar-refractivity contribution is 0.101. The molecule has 0 atom stereocenters. The Hall–Kier alpha value is -3.57. The van der Waals surface area contributed by atoms with Crippen LogP contribution in [0.5, 0.6) is 0 Å². The van der Waals surface area contributed by atoms with Gasteiger partial charge in [-0.2, -0.15) is 0 Å². The van der Waals surface area contributed by atoms with Gasteiger partial charge in [0, 0.05) is 12.2 Å². The first-order valence-electron chi connectivity index (χ1n) is 10.1. The van der Waals surface area contributed by atoms with Crippen LogP contribution in [0.4, 0.5) is 15.8 Å². The second-order valence-electron chi connectivity index (χ2n) is 7.37. The van der Waals surface area contributed by atoms with Crippen LogP contribution in [-0.4, -0.2) is 41.4 Å². The maximum atomic E-state index is 13.8. The van der Waals surface area contributed by atoms with Gasteiger partial charge in [0.25, 0.3) is 5.91 Å². The van der Waals surface area contributed by atoms with Gasteiger partial charge in [0.1, 0.15) is 5.82 Å². The molecule has 4 aromatic rings. The van der Waals surface area contributed by atoms with Crippen LogP contribution >= 0.6 is 11.3 Å². The summed E-state index contributed by atoms with van der Waals surface area (Å²) in [5.74, 6) is -0.569. The third-order valence-corrected chi connectivity index (χ3v) is 7.83. The number of amides is 1. The first-order chi connectivity index (χ1) is 15.9. The number of aromatic nitrogens is 3. The highest BCUT2D eigenvalue weighted by Gasteiger charge is 2.28. The Kier molecular flexibility index (Phi) is 5.43. The largest absolute Gasteiger partial charge is 0.319 e. The molecule has 1 saturated heterocycles. The van der Waals surface area contributed by atoms with Gasteiger partial charge in [-0.1, -0.05) is 18.2 Å². The number of rotatable bonds is 5. The highest BCUT2D eigenvalue weighted by molar-refractivity contribution is 7.93. The molecule has 2 aromatic carbocycles. The average molecular weight is 484 g/mol. The summed E-state index contributed by atoms with van der Waals surface area (Å²) in [4.78, 5) is 18.1. The van der Waals surface area contributed by atoms with E-state index >= 15 is 0 Å². The van der Waals surface area contributed by atoms with Crippen LogP contribution in [0.15, 0.2) is 66.0 Å². The number of hydrogen-bond donors (Lipinski definition) is 1. The number of carbonyl (C=O) groups is 1. The Labute approximate surface area is 193 Å². The Morgan fingerprint density at radius 1 is 1.06 bits per heavy atom. The molecule has 1 aliphatic rings. The zero-order valence-corrected chi connectivity index (χ0v) is 18.8. The van der Waals surface area contributed by atoms with Crippen molar-refractivity contribution in [3.63, 3.8) is 0 Å². The van der Waals surface area contributed by atoms with Gasteiger partial charge in [-0.25, -0.2) is 22.5 Å². The van der Waals surface area contributed by atoms with E-state index in [1.165, 1.54) is 32.5 Å². The Balaban J connectivity index is 1.46. The summed E-state index contributed by atoms with van der Waals surface area (Å²) in [7, 11) is -3.34. The minimum absolute atomic E-state index is 0.0955. The third kappa shape index (κ3) is 4.24. The van der Waals surface area contributed by atoms with Crippen LogP contribution in [0, 0.1) is 5.82 Å². The van der Waals surface area contributed by atoms with Crippen molar-refractivity contribution in [1.82, 2.24) is 14.8 Å². The number of hydrogen-bond acceptors (Lipinski definition) is 6. The van der Waals surface area contributed by atoms with Gasteiger partial charge < -0.3 is 5.32 Å². The summed E-state index contributed by atoms with van der Waals surface area (Å²) in [6.45, 7) is 0.406. The molecule has 168 valence electrons. The van der Waals surface area contributed by atoms with Crippen LogP contribution < -0.4 is 9.62 Å². The van der Waals surface area contributed by atoms with E-state index < -0.39 is 21.7 Å². The van der Waals surface area contributed by atoms with Crippen molar-refractivity contribution < 1.29 is 17.6 Å². The molecule has 0 aliphatic carbocycles. The number of carbonyl (C=O) groups excluding carboxylic acids is 1. The number of halogens is 1. The number of nitrogens with zero attached hydrogens (tertiary/aromatic N) is 4. The Morgan fingerprint density at radius 3 is 2.61 bits per heavy atom. The van der Waals surface area contributed by atoms with Crippen molar-refractivity contribution in [3.05, 3.63) is 77.7 Å². The van der Waals surface area contributed by atoms with Crippen molar-refractivity contribution in [2.45, 2.75) is 6.42 Å². The zero-order valence-electron chi connectivity index (χ0n) is 17.2. The molecule has 0 radical (unpaired) electrons. The Bertz CT molecular complexity index is 1430. The molecular weight excluding hydrogens is 465 g/mol. The van der Waals surface area contributed by atoms with Crippen molar-refractivity contribution in [2.24, 2.45) is 0 Å². The molecule has 8 nitrogen and oxygen atoms in total. The van der Waals surface area contributed by atoms with E-state index in [4.69, 9.17) is 0 Å². The SMILES string of the molecule is O=C(Nc1cccc(N2CCCS2(=O)=O)c1)c1nc(-c2cccs2)n(-c2cccc(F)c2)n1. The summed E-state index contributed by atoms with van der Waals surface area (Å²) < 4.78 is 41.0. The third-order valence-electron chi connectivity index (χ3n) is 5.10. The van der Waals surface area contributed by atoms with Crippen molar-refractivity contribution >= 4 is 38.6 Å². The van der Waals surface area contributed by atoms with Gasteiger partial charge >= 0.3 is 0 Å². The predicted octanol–water partition coefficient (Wildman–Crippen LogP) is 3.93. The standard InChI is InChI=1S/C22H18FN5O3S2/c23-15-5-1-8-18(13-15)28-21(19-9-3-11-32-19)25-20(26-28)22(29)24-16-6-2-7-17(14-16)27-10-4-12-33(27,30)31/h1-3,5-9,11,13-14H,4,10,12H2,(H,24,29). The molecular formula is C22H18FN5O3S2. The second-order valence-corrected chi connectivity index (χ2v) is 10.3. The van der Waals surface area contributed by atoms with Gasteiger partial charge in [-0.3, -0.25) is 9.10 Å². The molecule has 1 aliphatic heterocycles. The topological polar surface area (TPSA) is 97.2 Å². The van der Waals surface area contributed by atoms with Crippen LogP contribution in [0.1, 0.15) is 17.0 Å².